The van der Waals surface area contributed by atoms with Crippen molar-refractivity contribution in [3.8, 4) is 11.5 Å². The third-order valence-corrected chi connectivity index (χ3v) is 2.66. The average Bonchev–Trinajstić information content (AvgIpc) is 2.48. The maximum absolute atomic E-state index is 11.7. The number of hydrogen-bond acceptors (Lipinski definition) is 5. The van der Waals surface area contributed by atoms with E-state index in [4.69, 9.17) is 15.7 Å². The lowest BCUT2D eigenvalue weighted by atomic mass is 10.1. The zero-order chi connectivity index (χ0) is 14.4. The van der Waals surface area contributed by atoms with Gasteiger partial charge in [0.25, 0.3) is 0 Å². The number of rotatable bonds is 5. The van der Waals surface area contributed by atoms with E-state index >= 15 is 0 Å². The second-order valence-corrected chi connectivity index (χ2v) is 4.28. The van der Waals surface area contributed by atoms with Crippen LogP contribution in [0.5, 0.6) is 11.5 Å². The molecule has 1 atom stereocenters. The lowest BCUT2D eigenvalue weighted by molar-refractivity contribution is -0.215. The number of carbonyl (C=O) groups is 1. The molecule has 0 saturated heterocycles. The summed E-state index contributed by atoms with van der Waals surface area (Å²) in [5.74, 6) is -0.0584. The fourth-order valence-corrected chi connectivity index (χ4v) is 1.60. The summed E-state index contributed by atoms with van der Waals surface area (Å²) in [6.45, 7) is 0. The number of phenolic OH excluding ortho intramolecular Hbond substituents is 1. The van der Waals surface area contributed by atoms with Crippen LogP contribution in [-0.4, -0.2) is 17.1 Å². The van der Waals surface area contributed by atoms with Crippen LogP contribution >= 0.6 is 0 Å². The van der Waals surface area contributed by atoms with Gasteiger partial charge in [0.1, 0.15) is 11.8 Å². The van der Waals surface area contributed by atoms with E-state index in [9.17, 15) is 4.79 Å². The van der Waals surface area contributed by atoms with Crippen LogP contribution < -0.4 is 10.6 Å². The van der Waals surface area contributed by atoms with Crippen LogP contribution in [0, 0.1) is 0 Å². The molecule has 0 aliphatic rings. The molecule has 5 nitrogen and oxygen atoms in total. The van der Waals surface area contributed by atoms with Crippen LogP contribution in [0.25, 0.3) is 0 Å². The van der Waals surface area contributed by atoms with Crippen molar-refractivity contribution in [2.24, 2.45) is 5.73 Å². The molecule has 0 aliphatic heterocycles. The van der Waals surface area contributed by atoms with Crippen molar-refractivity contribution in [2.75, 3.05) is 0 Å². The van der Waals surface area contributed by atoms with E-state index in [2.05, 4.69) is 4.89 Å². The van der Waals surface area contributed by atoms with Gasteiger partial charge in [0.2, 0.25) is 0 Å². The minimum Gasteiger partial charge on any atom is -0.508 e. The first-order valence-electron chi connectivity index (χ1n) is 6.12. The predicted molar refractivity (Wildman–Crippen MR) is 72.9 cm³/mol. The first-order valence-corrected chi connectivity index (χ1v) is 6.12. The van der Waals surface area contributed by atoms with Crippen LogP contribution in [0.4, 0.5) is 0 Å². The van der Waals surface area contributed by atoms with Crippen molar-refractivity contribution >= 4 is 5.97 Å². The highest BCUT2D eigenvalue weighted by Gasteiger charge is 2.17. The molecule has 3 N–H and O–H groups in total. The Morgan fingerprint density at radius 3 is 2.40 bits per heavy atom. The summed E-state index contributed by atoms with van der Waals surface area (Å²) in [5.41, 5.74) is 6.56. The molecule has 0 fully saturated rings. The van der Waals surface area contributed by atoms with Crippen LogP contribution in [-0.2, 0) is 16.1 Å². The highest BCUT2D eigenvalue weighted by molar-refractivity contribution is 5.75. The second kappa shape index (κ2) is 6.58. The Morgan fingerprint density at radius 1 is 1.10 bits per heavy atom. The summed E-state index contributed by atoms with van der Waals surface area (Å²) in [6, 6.07) is 14.3. The third kappa shape index (κ3) is 4.00. The number of benzene rings is 2. The summed E-state index contributed by atoms with van der Waals surface area (Å²) in [6.07, 6.45) is 0.303. The molecule has 2 aromatic carbocycles. The Bertz CT molecular complexity index is 554. The van der Waals surface area contributed by atoms with Crippen molar-refractivity contribution < 1.29 is 19.7 Å². The summed E-state index contributed by atoms with van der Waals surface area (Å²) >= 11 is 0. The molecule has 0 aliphatic carbocycles. The minimum atomic E-state index is -0.830. The van der Waals surface area contributed by atoms with Gasteiger partial charge in [-0.3, -0.25) is 4.89 Å². The van der Waals surface area contributed by atoms with Gasteiger partial charge in [-0.2, -0.15) is 0 Å². The lowest BCUT2D eigenvalue weighted by Gasteiger charge is -2.10. The third-order valence-electron chi connectivity index (χ3n) is 2.66. The molecule has 0 bridgehead atoms. The zero-order valence-corrected chi connectivity index (χ0v) is 10.7. The number of hydrogen-bond donors (Lipinski definition) is 2. The Balaban J connectivity index is 1.84. The fourth-order valence-electron chi connectivity index (χ4n) is 1.60. The molecule has 0 radical (unpaired) electrons. The van der Waals surface area contributed by atoms with E-state index in [1.807, 2.05) is 6.07 Å². The molecule has 0 spiro atoms. The Kier molecular flexibility index (Phi) is 4.57. The molecule has 5 heteroatoms. The number of nitrogens with two attached hydrogens (primary N) is 1. The molecule has 0 amide bonds. The standard InChI is InChI=1S/C15H15NO4/c16-14(10-11-6-8-12(17)9-7-11)15(18)20-19-13-4-2-1-3-5-13/h1-9,14,17H,10,16H2. The van der Waals surface area contributed by atoms with E-state index < -0.39 is 12.0 Å². The van der Waals surface area contributed by atoms with Gasteiger partial charge in [-0.25, -0.2) is 9.68 Å². The SMILES string of the molecule is NC(Cc1ccc(O)cc1)C(=O)OOc1ccccc1. The molecular formula is C15H15NO4. The van der Waals surface area contributed by atoms with Gasteiger partial charge in [0.05, 0.1) is 0 Å². The van der Waals surface area contributed by atoms with Crippen molar-refractivity contribution in [3.05, 3.63) is 60.2 Å². The normalized spacial score (nSPS) is 11.7. The molecule has 20 heavy (non-hydrogen) atoms. The molecule has 1 unspecified atom stereocenters. The van der Waals surface area contributed by atoms with E-state index in [0.29, 0.717) is 12.2 Å². The summed E-state index contributed by atoms with van der Waals surface area (Å²) in [4.78, 5) is 21.2. The fraction of sp³-hybridized carbons (Fsp3) is 0.133. The number of para-hydroxylation sites is 1. The van der Waals surface area contributed by atoms with Gasteiger partial charge in [0, 0.05) is 0 Å². The number of aromatic hydroxyl groups is 1. The van der Waals surface area contributed by atoms with Crippen LogP contribution in [0.1, 0.15) is 5.56 Å². The van der Waals surface area contributed by atoms with E-state index in [-0.39, 0.29) is 5.75 Å². The predicted octanol–water partition coefficient (Wildman–Crippen LogP) is 1.80. The Labute approximate surface area is 116 Å². The van der Waals surface area contributed by atoms with Gasteiger partial charge in [-0.15, -0.1) is 0 Å². The molecule has 2 aromatic rings. The zero-order valence-electron chi connectivity index (χ0n) is 10.7. The van der Waals surface area contributed by atoms with E-state index in [1.165, 1.54) is 12.1 Å². The molecule has 0 saturated carbocycles. The highest BCUT2D eigenvalue weighted by atomic mass is 17.2. The smallest absolute Gasteiger partial charge is 0.372 e. The first-order chi connectivity index (χ1) is 9.65. The summed E-state index contributed by atoms with van der Waals surface area (Å²) in [7, 11) is 0. The molecule has 104 valence electrons. The topological polar surface area (TPSA) is 81.8 Å². The van der Waals surface area contributed by atoms with Gasteiger partial charge in [0.15, 0.2) is 5.75 Å². The Morgan fingerprint density at radius 2 is 1.75 bits per heavy atom. The molecule has 2 rings (SSSR count). The van der Waals surface area contributed by atoms with Crippen molar-refractivity contribution in [3.63, 3.8) is 0 Å². The Hall–Kier alpha value is -2.53. The van der Waals surface area contributed by atoms with Crippen molar-refractivity contribution in [1.82, 2.24) is 0 Å². The molecule has 0 heterocycles. The number of carbonyl (C=O) groups excluding carboxylic acids is 1. The van der Waals surface area contributed by atoms with Gasteiger partial charge in [-0.1, -0.05) is 30.3 Å². The van der Waals surface area contributed by atoms with Crippen LogP contribution in [0.3, 0.4) is 0 Å². The van der Waals surface area contributed by atoms with Crippen LogP contribution in [0.2, 0.25) is 0 Å². The quantitative estimate of drug-likeness (QED) is 0.641. The van der Waals surface area contributed by atoms with Gasteiger partial charge in [-0.05, 0) is 36.2 Å². The maximum atomic E-state index is 11.7. The maximum Gasteiger partial charge on any atom is 0.372 e. The first kappa shape index (κ1) is 13.9. The average molecular weight is 273 g/mol. The van der Waals surface area contributed by atoms with Crippen molar-refractivity contribution in [1.29, 1.82) is 0 Å². The van der Waals surface area contributed by atoms with Gasteiger partial charge < -0.3 is 10.8 Å². The highest BCUT2D eigenvalue weighted by Crippen LogP contribution is 2.12. The lowest BCUT2D eigenvalue weighted by Crippen LogP contribution is -2.35. The van der Waals surface area contributed by atoms with Crippen molar-refractivity contribution in [2.45, 2.75) is 12.5 Å². The largest absolute Gasteiger partial charge is 0.508 e. The minimum absolute atomic E-state index is 0.164. The van der Waals surface area contributed by atoms with E-state index in [0.717, 1.165) is 5.56 Å². The van der Waals surface area contributed by atoms with Crippen LogP contribution in [0.15, 0.2) is 54.6 Å². The summed E-state index contributed by atoms with van der Waals surface area (Å²) < 4.78 is 0. The molecular weight excluding hydrogens is 258 g/mol. The van der Waals surface area contributed by atoms with E-state index in [1.54, 1.807) is 36.4 Å². The second-order valence-electron chi connectivity index (χ2n) is 4.28. The number of phenols is 1. The molecule has 0 aromatic heterocycles. The summed E-state index contributed by atoms with van der Waals surface area (Å²) in [5, 5.41) is 9.17. The van der Waals surface area contributed by atoms with Gasteiger partial charge >= 0.3 is 5.97 Å². The monoisotopic (exact) mass is 273 g/mol.